The molecular formula is C34H53F. The van der Waals surface area contributed by atoms with Crippen LogP contribution in [0.2, 0.25) is 0 Å². The maximum atomic E-state index is 14.5. The fraction of sp³-hybridized carbons (Fsp3) is 0.765. The zero-order valence-electron chi connectivity index (χ0n) is 22.8. The Morgan fingerprint density at radius 3 is 2.17 bits per heavy atom. The Balaban J connectivity index is 1.13. The van der Waals surface area contributed by atoms with Crippen LogP contribution in [0.1, 0.15) is 140 Å². The molecule has 1 heteroatoms. The highest BCUT2D eigenvalue weighted by molar-refractivity contribution is 5.28. The molecule has 0 spiro atoms. The molecule has 3 saturated carbocycles. The zero-order valence-corrected chi connectivity index (χ0v) is 22.8. The van der Waals surface area contributed by atoms with E-state index in [-0.39, 0.29) is 5.82 Å². The largest absolute Gasteiger partial charge is 0.207 e. The van der Waals surface area contributed by atoms with E-state index in [4.69, 9.17) is 0 Å². The molecule has 3 fully saturated rings. The van der Waals surface area contributed by atoms with Crippen LogP contribution in [0.4, 0.5) is 4.39 Å². The highest BCUT2D eigenvalue weighted by Crippen LogP contribution is 2.49. The predicted octanol–water partition coefficient (Wildman–Crippen LogP) is 10.8. The van der Waals surface area contributed by atoms with Gasteiger partial charge in [0, 0.05) is 0 Å². The first-order valence-corrected chi connectivity index (χ1v) is 15.5. The second kappa shape index (κ2) is 14.0. The van der Waals surface area contributed by atoms with Crippen LogP contribution >= 0.6 is 0 Å². The fourth-order valence-electron chi connectivity index (χ4n) is 8.01. The average Bonchev–Trinajstić information content (AvgIpc) is 2.89. The number of hydrogen-bond acceptors (Lipinski definition) is 0. The molecule has 4 unspecified atom stereocenters. The summed E-state index contributed by atoms with van der Waals surface area (Å²) in [5.41, 5.74) is 2.03. The Morgan fingerprint density at radius 1 is 0.771 bits per heavy atom. The van der Waals surface area contributed by atoms with Crippen molar-refractivity contribution in [3.8, 4) is 0 Å². The maximum Gasteiger partial charge on any atom is 0.126 e. The van der Waals surface area contributed by atoms with Gasteiger partial charge in [0.1, 0.15) is 5.82 Å². The number of allylic oxidation sites excluding steroid dienone is 1. The highest BCUT2D eigenvalue weighted by Gasteiger charge is 2.36. The van der Waals surface area contributed by atoms with Gasteiger partial charge < -0.3 is 0 Å². The van der Waals surface area contributed by atoms with Gasteiger partial charge in [-0.25, -0.2) is 4.39 Å². The Kier molecular flexibility index (Phi) is 10.8. The van der Waals surface area contributed by atoms with Crippen molar-refractivity contribution in [3.63, 3.8) is 0 Å². The molecule has 4 atom stereocenters. The molecule has 0 N–H and O–H groups in total. The number of halogens is 1. The fourth-order valence-corrected chi connectivity index (χ4v) is 8.01. The molecule has 0 amide bonds. The van der Waals surface area contributed by atoms with Crippen LogP contribution in [-0.2, 0) is 6.42 Å². The number of unbranched alkanes of at least 4 members (excludes halogenated alkanes) is 4. The van der Waals surface area contributed by atoms with E-state index >= 15 is 0 Å². The second-order valence-corrected chi connectivity index (χ2v) is 12.7. The van der Waals surface area contributed by atoms with Crippen LogP contribution in [0.5, 0.6) is 0 Å². The lowest BCUT2D eigenvalue weighted by Gasteiger charge is -2.43. The quantitative estimate of drug-likeness (QED) is 0.206. The maximum absolute atomic E-state index is 14.5. The third kappa shape index (κ3) is 7.93. The van der Waals surface area contributed by atoms with E-state index in [1.165, 1.54) is 121 Å². The Bertz CT molecular complexity index is 758. The Hall–Kier alpha value is -1.11. The van der Waals surface area contributed by atoms with Gasteiger partial charge in [-0.15, -0.1) is 6.58 Å². The predicted molar refractivity (Wildman–Crippen MR) is 149 cm³/mol. The molecule has 196 valence electrons. The van der Waals surface area contributed by atoms with Gasteiger partial charge in [0.05, 0.1) is 0 Å². The van der Waals surface area contributed by atoms with Crippen LogP contribution < -0.4 is 0 Å². The SMILES string of the molecule is C=CCc1ccc(C2CCC3CC(CCC4CCC(CCCCCCC)CC4)CCC3C2)cc1F. The van der Waals surface area contributed by atoms with Crippen LogP contribution in [0.15, 0.2) is 30.9 Å². The molecule has 35 heavy (non-hydrogen) atoms. The molecule has 0 aliphatic heterocycles. The number of hydrogen-bond donors (Lipinski definition) is 0. The minimum Gasteiger partial charge on any atom is -0.207 e. The number of benzene rings is 1. The Morgan fingerprint density at radius 2 is 1.43 bits per heavy atom. The van der Waals surface area contributed by atoms with Crippen LogP contribution in [-0.4, -0.2) is 0 Å². The number of fused-ring (bicyclic) bond motifs is 1. The third-order valence-electron chi connectivity index (χ3n) is 10.3. The molecule has 0 aromatic heterocycles. The molecule has 0 nitrogen and oxygen atoms in total. The van der Waals surface area contributed by atoms with Crippen molar-refractivity contribution in [2.45, 2.75) is 135 Å². The first-order valence-electron chi connectivity index (χ1n) is 15.5. The first-order chi connectivity index (χ1) is 17.2. The average molecular weight is 481 g/mol. The summed E-state index contributed by atoms with van der Waals surface area (Å²) in [5.74, 6) is 5.42. The van der Waals surface area contributed by atoms with E-state index in [2.05, 4.69) is 19.6 Å². The van der Waals surface area contributed by atoms with Gasteiger partial charge in [-0.2, -0.15) is 0 Å². The standard InChI is InChI=1S/C34H53F/c1-3-5-6-7-8-10-26-11-13-27(14-12-26)15-16-28-17-18-31-24-32(22-21-30(31)23-28)33-20-19-29(9-4-2)34(35)25-33/h4,19-20,25-28,30-32H,2-3,5-18,21-24H2,1H3. The van der Waals surface area contributed by atoms with Crippen LogP contribution in [0.25, 0.3) is 0 Å². The first kappa shape index (κ1) is 26.9. The van der Waals surface area contributed by atoms with Gasteiger partial charge in [0.15, 0.2) is 0 Å². The topological polar surface area (TPSA) is 0 Å². The molecule has 1 aromatic carbocycles. The van der Waals surface area contributed by atoms with Crippen LogP contribution in [0, 0.1) is 35.4 Å². The van der Waals surface area contributed by atoms with E-state index in [0.29, 0.717) is 12.3 Å². The van der Waals surface area contributed by atoms with Gasteiger partial charge in [0.25, 0.3) is 0 Å². The summed E-state index contributed by atoms with van der Waals surface area (Å²) in [7, 11) is 0. The van der Waals surface area contributed by atoms with Crippen molar-refractivity contribution in [1.29, 1.82) is 0 Å². The molecule has 3 aliphatic carbocycles. The minimum absolute atomic E-state index is 0.0331. The lowest BCUT2D eigenvalue weighted by Crippen LogP contribution is -2.30. The van der Waals surface area contributed by atoms with Gasteiger partial charge in [-0.1, -0.05) is 109 Å². The smallest absolute Gasteiger partial charge is 0.126 e. The van der Waals surface area contributed by atoms with Crippen molar-refractivity contribution < 1.29 is 4.39 Å². The van der Waals surface area contributed by atoms with Crippen molar-refractivity contribution in [3.05, 3.63) is 47.8 Å². The normalized spacial score (nSPS) is 31.1. The van der Waals surface area contributed by atoms with Crippen LogP contribution in [0.3, 0.4) is 0 Å². The zero-order chi connectivity index (χ0) is 24.5. The lowest BCUT2D eigenvalue weighted by atomic mass is 9.63. The van der Waals surface area contributed by atoms with Gasteiger partial charge in [0.2, 0.25) is 0 Å². The van der Waals surface area contributed by atoms with E-state index in [1.54, 1.807) is 6.08 Å². The molecule has 1 aromatic rings. The summed E-state index contributed by atoms with van der Waals surface area (Å²) < 4.78 is 14.5. The van der Waals surface area contributed by atoms with E-state index in [1.807, 2.05) is 12.1 Å². The van der Waals surface area contributed by atoms with E-state index in [9.17, 15) is 4.39 Å². The molecule has 4 rings (SSSR count). The summed E-state index contributed by atoms with van der Waals surface area (Å²) in [6.45, 7) is 6.07. The summed E-state index contributed by atoms with van der Waals surface area (Å²) >= 11 is 0. The monoisotopic (exact) mass is 480 g/mol. The molecular weight excluding hydrogens is 427 g/mol. The molecule has 3 aliphatic rings. The molecule has 0 radical (unpaired) electrons. The summed E-state index contributed by atoms with van der Waals surface area (Å²) in [6, 6.07) is 6.02. The van der Waals surface area contributed by atoms with E-state index < -0.39 is 0 Å². The number of rotatable bonds is 12. The van der Waals surface area contributed by atoms with Gasteiger partial charge in [-0.05, 0) is 91.2 Å². The van der Waals surface area contributed by atoms with Crippen molar-refractivity contribution in [2.24, 2.45) is 29.6 Å². The Labute approximate surface area is 216 Å². The lowest BCUT2D eigenvalue weighted by molar-refractivity contribution is 0.108. The van der Waals surface area contributed by atoms with Gasteiger partial charge in [-0.3, -0.25) is 0 Å². The summed E-state index contributed by atoms with van der Waals surface area (Å²) in [5, 5.41) is 0. The summed E-state index contributed by atoms with van der Waals surface area (Å²) in [6.07, 6.45) is 28.5. The van der Waals surface area contributed by atoms with E-state index in [0.717, 1.165) is 35.2 Å². The second-order valence-electron chi connectivity index (χ2n) is 12.7. The molecule has 0 saturated heterocycles. The minimum atomic E-state index is -0.0331. The van der Waals surface area contributed by atoms with Crippen molar-refractivity contribution in [1.82, 2.24) is 0 Å². The van der Waals surface area contributed by atoms with Gasteiger partial charge >= 0.3 is 0 Å². The highest BCUT2D eigenvalue weighted by atomic mass is 19.1. The van der Waals surface area contributed by atoms with Crippen molar-refractivity contribution >= 4 is 0 Å². The molecule has 0 heterocycles. The van der Waals surface area contributed by atoms with Crippen molar-refractivity contribution in [2.75, 3.05) is 0 Å². The molecule has 0 bridgehead atoms. The third-order valence-corrected chi connectivity index (χ3v) is 10.3. The summed E-state index contributed by atoms with van der Waals surface area (Å²) in [4.78, 5) is 0.